The van der Waals surface area contributed by atoms with Gasteiger partial charge in [-0.1, -0.05) is 48.0 Å². The van der Waals surface area contributed by atoms with Crippen LogP contribution in [0.4, 0.5) is 5.69 Å². The van der Waals surface area contributed by atoms with Crippen molar-refractivity contribution in [3.8, 4) is 11.5 Å². The molecule has 0 saturated carbocycles. The fourth-order valence-electron chi connectivity index (χ4n) is 3.58. The Balaban J connectivity index is 1.43. The minimum Gasteiger partial charge on any atom is -0.493 e. The summed E-state index contributed by atoms with van der Waals surface area (Å²) in [6.45, 7) is 2.84. The van der Waals surface area contributed by atoms with Crippen molar-refractivity contribution in [2.24, 2.45) is 0 Å². The lowest BCUT2D eigenvalue weighted by Crippen LogP contribution is -2.28. The lowest BCUT2D eigenvalue weighted by molar-refractivity contribution is 0.0530. The molecule has 0 radical (unpaired) electrons. The van der Waals surface area contributed by atoms with Crippen molar-refractivity contribution in [2.75, 3.05) is 46.2 Å². The Morgan fingerprint density at radius 3 is 2.54 bits per heavy atom. The minimum absolute atomic E-state index is 0.0540. The first-order valence-electron chi connectivity index (χ1n) is 11.5. The first kappa shape index (κ1) is 26.5. The van der Waals surface area contributed by atoms with Gasteiger partial charge in [-0.05, 0) is 49.7 Å². The van der Waals surface area contributed by atoms with Crippen LogP contribution in [0.25, 0.3) is 0 Å². The molecule has 0 bridgehead atoms. The smallest absolute Gasteiger partial charge is 0.293 e. The van der Waals surface area contributed by atoms with E-state index < -0.39 is 0 Å². The summed E-state index contributed by atoms with van der Waals surface area (Å²) in [5, 5.41) is 7.56. The van der Waals surface area contributed by atoms with Crippen molar-refractivity contribution in [3.63, 3.8) is 0 Å². The van der Waals surface area contributed by atoms with Gasteiger partial charge in [0.2, 0.25) is 0 Å². The van der Waals surface area contributed by atoms with Gasteiger partial charge in [-0.15, -0.1) is 0 Å². The van der Waals surface area contributed by atoms with Gasteiger partial charge in [0.05, 0.1) is 32.0 Å². The standard InChI is InChI=1S/C26H33ClN4O4/c1-30(15-12-20-10-11-23(33-2)24(16-20)34-3)14-7-13-28-25-22(27)17-29-31(26(25)32)19-35-18-21-8-5-4-6-9-21/h4-6,8-11,16-17,28H,7,12-15,18-19H2,1-3H3. The molecule has 0 amide bonds. The number of ether oxygens (including phenoxy) is 3. The monoisotopic (exact) mass is 500 g/mol. The summed E-state index contributed by atoms with van der Waals surface area (Å²) in [7, 11) is 5.35. The Morgan fingerprint density at radius 1 is 1.03 bits per heavy atom. The molecule has 3 rings (SSSR count). The van der Waals surface area contributed by atoms with Crippen LogP contribution in [0.5, 0.6) is 11.5 Å². The minimum atomic E-state index is -0.299. The fraction of sp³-hybridized carbons (Fsp3) is 0.385. The van der Waals surface area contributed by atoms with Crippen LogP contribution in [0.2, 0.25) is 5.02 Å². The molecule has 0 aliphatic heterocycles. The van der Waals surface area contributed by atoms with Crippen LogP contribution in [0.1, 0.15) is 17.5 Å². The molecule has 8 nitrogen and oxygen atoms in total. The Labute approximate surface area is 211 Å². The number of rotatable bonds is 14. The summed E-state index contributed by atoms with van der Waals surface area (Å²) in [5.41, 5.74) is 2.26. The number of methoxy groups -OCH3 is 2. The second-order valence-electron chi connectivity index (χ2n) is 8.16. The SMILES string of the molecule is COc1ccc(CCN(C)CCCNc2c(Cl)cnn(COCc3ccccc3)c2=O)cc1OC. The highest BCUT2D eigenvalue weighted by molar-refractivity contribution is 6.32. The first-order valence-corrected chi connectivity index (χ1v) is 11.9. The van der Waals surface area contributed by atoms with Gasteiger partial charge < -0.3 is 24.4 Å². The lowest BCUT2D eigenvalue weighted by atomic mass is 10.1. The van der Waals surface area contributed by atoms with E-state index in [1.54, 1.807) is 14.2 Å². The number of anilines is 1. The number of hydrogen-bond acceptors (Lipinski definition) is 7. The molecule has 3 aromatic rings. The van der Waals surface area contributed by atoms with E-state index in [0.29, 0.717) is 23.9 Å². The molecule has 0 aliphatic rings. The quantitative estimate of drug-likeness (QED) is 0.334. The predicted molar refractivity (Wildman–Crippen MR) is 139 cm³/mol. The Bertz CT molecular complexity index is 1120. The van der Waals surface area contributed by atoms with Crippen molar-refractivity contribution < 1.29 is 14.2 Å². The first-order chi connectivity index (χ1) is 17.0. The van der Waals surface area contributed by atoms with Gasteiger partial charge in [-0.2, -0.15) is 5.10 Å². The fourth-order valence-corrected chi connectivity index (χ4v) is 3.77. The zero-order valence-electron chi connectivity index (χ0n) is 20.5. The van der Waals surface area contributed by atoms with E-state index >= 15 is 0 Å². The van der Waals surface area contributed by atoms with E-state index in [9.17, 15) is 4.79 Å². The number of nitrogens with one attached hydrogen (secondary N) is 1. The van der Waals surface area contributed by atoms with Gasteiger partial charge in [0.1, 0.15) is 12.4 Å². The maximum Gasteiger partial charge on any atom is 0.293 e. The van der Waals surface area contributed by atoms with Crippen LogP contribution in [-0.4, -0.2) is 55.6 Å². The molecule has 0 spiro atoms. The third-order valence-corrected chi connectivity index (χ3v) is 5.86. The molecule has 188 valence electrons. The summed E-state index contributed by atoms with van der Waals surface area (Å²) in [6.07, 6.45) is 3.21. The van der Waals surface area contributed by atoms with E-state index in [0.717, 1.165) is 43.0 Å². The average molecular weight is 501 g/mol. The van der Waals surface area contributed by atoms with Crippen LogP contribution < -0.4 is 20.3 Å². The summed E-state index contributed by atoms with van der Waals surface area (Å²) in [4.78, 5) is 15.0. The van der Waals surface area contributed by atoms with E-state index in [1.165, 1.54) is 16.4 Å². The van der Waals surface area contributed by atoms with Crippen molar-refractivity contribution in [3.05, 3.63) is 81.2 Å². The van der Waals surface area contributed by atoms with Gasteiger partial charge in [0.15, 0.2) is 11.5 Å². The average Bonchev–Trinajstić information content (AvgIpc) is 2.88. The molecule has 0 atom stereocenters. The van der Waals surface area contributed by atoms with E-state index in [1.807, 2.05) is 42.5 Å². The van der Waals surface area contributed by atoms with Gasteiger partial charge in [0.25, 0.3) is 5.56 Å². The Morgan fingerprint density at radius 2 is 1.80 bits per heavy atom. The third-order valence-electron chi connectivity index (χ3n) is 5.57. The molecule has 0 unspecified atom stereocenters. The molecular weight excluding hydrogens is 468 g/mol. The molecular formula is C26H33ClN4O4. The topological polar surface area (TPSA) is 77.9 Å². The van der Waals surface area contributed by atoms with Crippen LogP contribution in [-0.2, 0) is 24.5 Å². The van der Waals surface area contributed by atoms with Gasteiger partial charge in [0, 0.05) is 13.1 Å². The van der Waals surface area contributed by atoms with Gasteiger partial charge >= 0.3 is 0 Å². The second kappa shape index (κ2) is 13.7. The summed E-state index contributed by atoms with van der Waals surface area (Å²) in [5.74, 6) is 1.47. The normalized spacial score (nSPS) is 11.0. The highest BCUT2D eigenvalue weighted by atomic mass is 35.5. The number of halogens is 1. The molecule has 0 saturated heterocycles. The predicted octanol–water partition coefficient (Wildman–Crippen LogP) is 4.06. The summed E-state index contributed by atoms with van der Waals surface area (Å²) >= 11 is 6.23. The molecule has 9 heteroatoms. The summed E-state index contributed by atoms with van der Waals surface area (Å²) < 4.78 is 17.6. The van der Waals surface area contributed by atoms with Crippen molar-refractivity contribution in [1.29, 1.82) is 0 Å². The van der Waals surface area contributed by atoms with Crippen molar-refractivity contribution >= 4 is 17.3 Å². The number of hydrogen-bond donors (Lipinski definition) is 1. The zero-order chi connectivity index (χ0) is 25.0. The van der Waals surface area contributed by atoms with E-state index in [-0.39, 0.29) is 12.3 Å². The molecule has 1 N–H and O–H groups in total. The number of likely N-dealkylation sites (N-methyl/N-ethyl adjacent to an activating group) is 1. The van der Waals surface area contributed by atoms with Crippen molar-refractivity contribution in [1.82, 2.24) is 14.7 Å². The molecule has 2 aromatic carbocycles. The number of nitrogens with zero attached hydrogens (tertiary/aromatic N) is 3. The van der Waals surface area contributed by atoms with Gasteiger partial charge in [-0.3, -0.25) is 4.79 Å². The highest BCUT2D eigenvalue weighted by Gasteiger charge is 2.10. The van der Waals surface area contributed by atoms with Crippen molar-refractivity contribution in [2.45, 2.75) is 26.2 Å². The van der Waals surface area contributed by atoms with E-state index in [2.05, 4.69) is 28.4 Å². The summed E-state index contributed by atoms with van der Waals surface area (Å²) in [6, 6.07) is 15.8. The van der Waals surface area contributed by atoms with Crippen LogP contribution in [0, 0.1) is 0 Å². The van der Waals surface area contributed by atoms with Crippen LogP contribution >= 0.6 is 11.6 Å². The maximum atomic E-state index is 12.8. The number of benzene rings is 2. The molecule has 1 aromatic heterocycles. The van der Waals surface area contributed by atoms with Crippen LogP contribution in [0.3, 0.4) is 0 Å². The third kappa shape index (κ3) is 7.99. The lowest BCUT2D eigenvalue weighted by Gasteiger charge is -2.17. The Kier molecular flexibility index (Phi) is 10.4. The Hall–Kier alpha value is -3.07. The highest BCUT2D eigenvalue weighted by Crippen LogP contribution is 2.27. The molecule has 1 heterocycles. The van der Waals surface area contributed by atoms with E-state index in [4.69, 9.17) is 25.8 Å². The van der Waals surface area contributed by atoms with Gasteiger partial charge in [-0.25, -0.2) is 4.68 Å². The zero-order valence-corrected chi connectivity index (χ0v) is 21.3. The molecule has 0 fully saturated rings. The molecule has 0 aliphatic carbocycles. The second-order valence-corrected chi connectivity index (χ2v) is 8.57. The maximum absolute atomic E-state index is 12.8. The molecule has 35 heavy (non-hydrogen) atoms. The van der Waals surface area contributed by atoms with Crippen LogP contribution in [0.15, 0.2) is 59.5 Å². The largest absolute Gasteiger partial charge is 0.493 e. The number of aromatic nitrogens is 2.